The Labute approximate surface area is 96.4 Å². The lowest BCUT2D eigenvalue weighted by Crippen LogP contribution is -2.26. The van der Waals surface area contributed by atoms with Gasteiger partial charge in [-0.25, -0.2) is 0 Å². The molecular weight excluding hydrogens is 202 g/mol. The number of phenols is 1. The topological polar surface area (TPSA) is 41.5 Å². The molecule has 0 bridgehead atoms. The molecule has 0 aromatic heterocycles. The molecule has 1 aromatic rings. The van der Waals surface area contributed by atoms with Gasteiger partial charge in [-0.15, -0.1) is 0 Å². The van der Waals surface area contributed by atoms with Crippen LogP contribution >= 0.6 is 0 Å². The average molecular weight is 221 g/mol. The quantitative estimate of drug-likeness (QED) is 0.801. The van der Waals surface area contributed by atoms with Gasteiger partial charge < -0.3 is 15.2 Å². The normalized spacial score (nSPS) is 15.8. The van der Waals surface area contributed by atoms with Crippen LogP contribution in [0.15, 0.2) is 18.2 Å². The van der Waals surface area contributed by atoms with E-state index in [2.05, 4.69) is 5.32 Å². The molecule has 16 heavy (non-hydrogen) atoms. The van der Waals surface area contributed by atoms with Crippen LogP contribution in [0.25, 0.3) is 0 Å². The van der Waals surface area contributed by atoms with E-state index in [1.165, 1.54) is 19.3 Å². The van der Waals surface area contributed by atoms with Crippen LogP contribution in [-0.4, -0.2) is 18.8 Å². The van der Waals surface area contributed by atoms with Crippen molar-refractivity contribution in [2.45, 2.75) is 25.8 Å². The highest BCUT2D eigenvalue weighted by molar-refractivity contribution is 5.41. The van der Waals surface area contributed by atoms with E-state index in [0.29, 0.717) is 5.75 Å². The number of rotatable bonds is 5. The maximum absolute atomic E-state index is 9.45. The first-order valence-electron chi connectivity index (χ1n) is 5.86. The van der Waals surface area contributed by atoms with Crippen molar-refractivity contribution in [2.75, 3.05) is 13.7 Å². The molecule has 1 saturated carbocycles. The maximum Gasteiger partial charge on any atom is 0.160 e. The number of nitrogens with one attached hydrogen (secondary N) is 1. The lowest BCUT2D eigenvalue weighted by molar-refractivity contribution is 0.301. The Morgan fingerprint density at radius 2 is 2.25 bits per heavy atom. The van der Waals surface area contributed by atoms with Crippen molar-refractivity contribution in [3.63, 3.8) is 0 Å². The van der Waals surface area contributed by atoms with Crippen LogP contribution < -0.4 is 10.1 Å². The summed E-state index contributed by atoms with van der Waals surface area (Å²) in [6, 6.07) is 5.48. The van der Waals surface area contributed by atoms with Gasteiger partial charge in [0, 0.05) is 6.54 Å². The van der Waals surface area contributed by atoms with Gasteiger partial charge in [0.2, 0.25) is 0 Å². The average Bonchev–Trinajstić information content (AvgIpc) is 2.24. The van der Waals surface area contributed by atoms with E-state index in [9.17, 15) is 5.11 Å². The van der Waals surface area contributed by atoms with E-state index >= 15 is 0 Å². The summed E-state index contributed by atoms with van der Waals surface area (Å²) < 4.78 is 5.07. The Bertz CT molecular complexity index is 348. The molecule has 0 spiro atoms. The zero-order valence-electron chi connectivity index (χ0n) is 9.70. The minimum absolute atomic E-state index is 0.199. The number of phenolic OH excluding ortho intramolecular Hbond substituents is 1. The standard InChI is InChI=1S/C13H19NO2/c1-16-13-7-11(5-6-12(13)15)9-14-8-10-3-2-4-10/h5-7,10,14-15H,2-4,8-9H2,1H3. The third-order valence-electron chi connectivity index (χ3n) is 3.23. The fraction of sp³-hybridized carbons (Fsp3) is 0.538. The van der Waals surface area contributed by atoms with Crippen molar-refractivity contribution in [3.8, 4) is 11.5 Å². The van der Waals surface area contributed by atoms with Gasteiger partial charge in [-0.05, 0) is 43.0 Å². The van der Waals surface area contributed by atoms with E-state index < -0.39 is 0 Å². The second-order valence-corrected chi connectivity index (χ2v) is 4.43. The van der Waals surface area contributed by atoms with Gasteiger partial charge in [0.15, 0.2) is 11.5 Å². The number of ether oxygens (including phenoxy) is 1. The molecule has 0 atom stereocenters. The second kappa shape index (κ2) is 5.21. The molecule has 1 aliphatic rings. The molecular formula is C13H19NO2. The maximum atomic E-state index is 9.45. The van der Waals surface area contributed by atoms with E-state index in [1.54, 1.807) is 13.2 Å². The van der Waals surface area contributed by atoms with E-state index in [4.69, 9.17) is 4.74 Å². The summed E-state index contributed by atoms with van der Waals surface area (Å²) in [6.45, 7) is 1.94. The number of hydrogen-bond donors (Lipinski definition) is 2. The molecule has 1 aliphatic carbocycles. The second-order valence-electron chi connectivity index (χ2n) is 4.43. The molecule has 0 saturated heterocycles. The summed E-state index contributed by atoms with van der Waals surface area (Å²) in [5.41, 5.74) is 1.15. The number of aromatic hydroxyl groups is 1. The van der Waals surface area contributed by atoms with Gasteiger partial charge in [0.05, 0.1) is 7.11 Å². The third-order valence-corrected chi connectivity index (χ3v) is 3.23. The zero-order chi connectivity index (χ0) is 11.4. The zero-order valence-corrected chi connectivity index (χ0v) is 9.70. The summed E-state index contributed by atoms with van der Waals surface area (Å²) in [7, 11) is 1.57. The fourth-order valence-electron chi connectivity index (χ4n) is 1.95. The molecule has 2 rings (SSSR count). The molecule has 0 unspecified atom stereocenters. The van der Waals surface area contributed by atoms with Crippen LogP contribution in [0.2, 0.25) is 0 Å². The van der Waals surface area contributed by atoms with Crippen molar-refractivity contribution < 1.29 is 9.84 Å². The fourth-order valence-corrected chi connectivity index (χ4v) is 1.95. The Morgan fingerprint density at radius 3 is 2.88 bits per heavy atom. The van der Waals surface area contributed by atoms with E-state index in [1.807, 2.05) is 12.1 Å². The van der Waals surface area contributed by atoms with Gasteiger partial charge in [0.25, 0.3) is 0 Å². The highest BCUT2D eigenvalue weighted by atomic mass is 16.5. The highest BCUT2D eigenvalue weighted by Gasteiger charge is 2.16. The summed E-state index contributed by atoms with van der Waals surface area (Å²) in [4.78, 5) is 0. The Hall–Kier alpha value is -1.22. The van der Waals surface area contributed by atoms with Crippen molar-refractivity contribution in [1.29, 1.82) is 0 Å². The van der Waals surface area contributed by atoms with Gasteiger partial charge >= 0.3 is 0 Å². The molecule has 0 heterocycles. The first kappa shape index (κ1) is 11.3. The van der Waals surface area contributed by atoms with Crippen molar-refractivity contribution in [2.24, 2.45) is 5.92 Å². The largest absolute Gasteiger partial charge is 0.504 e. The van der Waals surface area contributed by atoms with Crippen molar-refractivity contribution in [1.82, 2.24) is 5.32 Å². The smallest absolute Gasteiger partial charge is 0.160 e. The monoisotopic (exact) mass is 221 g/mol. The Balaban J connectivity index is 1.83. The van der Waals surface area contributed by atoms with Crippen LogP contribution in [0, 0.1) is 5.92 Å². The SMILES string of the molecule is COc1cc(CNCC2CCC2)ccc1O. The minimum atomic E-state index is 0.199. The number of benzene rings is 1. The van der Waals surface area contributed by atoms with Crippen LogP contribution in [0.1, 0.15) is 24.8 Å². The summed E-state index contributed by atoms with van der Waals surface area (Å²) >= 11 is 0. The molecule has 1 aromatic carbocycles. The molecule has 0 aliphatic heterocycles. The Morgan fingerprint density at radius 1 is 1.44 bits per heavy atom. The lowest BCUT2D eigenvalue weighted by atomic mass is 9.85. The summed E-state index contributed by atoms with van der Waals surface area (Å²) in [5.74, 6) is 1.62. The lowest BCUT2D eigenvalue weighted by Gasteiger charge is -2.25. The molecule has 3 nitrogen and oxygen atoms in total. The number of hydrogen-bond acceptors (Lipinski definition) is 3. The van der Waals surface area contributed by atoms with Gasteiger partial charge in [-0.1, -0.05) is 12.5 Å². The predicted octanol–water partition coefficient (Wildman–Crippen LogP) is 2.29. The first-order valence-corrected chi connectivity index (χ1v) is 5.86. The van der Waals surface area contributed by atoms with Crippen LogP contribution in [0.5, 0.6) is 11.5 Å². The highest BCUT2D eigenvalue weighted by Crippen LogP contribution is 2.27. The van der Waals surface area contributed by atoms with Gasteiger partial charge in [0.1, 0.15) is 0 Å². The van der Waals surface area contributed by atoms with Crippen LogP contribution in [-0.2, 0) is 6.54 Å². The first-order chi connectivity index (χ1) is 7.79. The third kappa shape index (κ3) is 2.67. The van der Waals surface area contributed by atoms with Gasteiger partial charge in [-0.2, -0.15) is 0 Å². The molecule has 2 N–H and O–H groups in total. The number of methoxy groups -OCH3 is 1. The molecule has 3 heteroatoms. The van der Waals surface area contributed by atoms with Gasteiger partial charge in [-0.3, -0.25) is 0 Å². The summed E-state index contributed by atoms with van der Waals surface area (Å²) in [5, 5.41) is 12.9. The van der Waals surface area contributed by atoms with Crippen LogP contribution in [0.4, 0.5) is 0 Å². The van der Waals surface area contributed by atoms with Crippen LogP contribution in [0.3, 0.4) is 0 Å². The molecule has 0 radical (unpaired) electrons. The molecule has 88 valence electrons. The minimum Gasteiger partial charge on any atom is -0.504 e. The Kier molecular flexibility index (Phi) is 3.67. The van der Waals surface area contributed by atoms with Crippen molar-refractivity contribution in [3.05, 3.63) is 23.8 Å². The summed E-state index contributed by atoms with van der Waals surface area (Å²) in [6.07, 6.45) is 4.12. The van der Waals surface area contributed by atoms with E-state index in [-0.39, 0.29) is 5.75 Å². The molecule has 1 fully saturated rings. The van der Waals surface area contributed by atoms with E-state index in [0.717, 1.165) is 24.6 Å². The van der Waals surface area contributed by atoms with Crippen molar-refractivity contribution >= 4 is 0 Å². The molecule has 0 amide bonds. The predicted molar refractivity (Wildman–Crippen MR) is 63.7 cm³/mol.